The molecule has 128 valence electrons. The molecule has 0 spiro atoms. The smallest absolute Gasteiger partial charge is 0.408 e. The largest absolute Gasteiger partial charge is 0.465 e. The molecule has 6 heteroatoms. The van der Waals surface area contributed by atoms with Gasteiger partial charge in [0.15, 0.2) is 0 Å². The minimum atomic E-state index is -0.623. The van der Waals surface area contributed by atoms with Crippen LogP contribution in [0.5, 0.6) is 0 Å². The third-order valence-electron chi connectivity index (χ3n) is 3.14. The van der Waals surface area contributed by atoms with Crippen LogP contribution in [0, 0.1) is 17.7 Å². The van der Waals surface area contributed by atoms with Gasteiger partial charge in [-0.1, -0.05) is 42.2 Å². The number of amides is 1. The Balaban J connectivity index is 1.86. The van der Waals surface area contributed by atoms with Gasteiger partial charge in [-0.3, -0.25) is 0 Å². The second kappa shape index (κ2) is 9.08. The molecule has 0 aliphatic carbocycles. The van der Waals surface area contributed by atoms with Gasteiger partial charge in [0.2, 0.25) is 0 Å². The van der Waals surface area contributed by atoms with Crippen molar-refractivity contribution in [3.8, 4) is 11.8 Å². The normalized spacial score (nSPS) is 9.52. The van der Waals surface area contributed by atoms with E-state index in [2.05, 4.69) is 21.9 Å². The molecule has 0 aliphatic heterocycles. The standard InChI is InChI=1S/C19H16FNO4/c1-24-18(22)16-9-10-17(20)15(12-16)8-5-11-21-19(23)25-13-14-6-3-2-4-7-14/h2-4,6-7,9-10,12H,11,13H2,1H3,(H,21,23). The number of carbonyl (C=O) groups is 2. The molecule has 1 amide bonds. The molecule has 2 rings (SSSR count). The Kier molecular flexibility index (Phi) is 6.55. The summed E-state index contributed by atoms with van der Waals surface area (Å²) in [4.78, 5) is 23.0. The number of nitrogens with one attached hydrogen (secondary N) is 1. The molecule has 0 aliphatic rings. The highest BCUT2D eigenvalue weighted by atomic mass is 19.1. The number of carbonyl (C=O) groups excluding carboxylic acids is 2. The minimum Gasteiger partial charge on any atom is -0.465 e. The Morgan fingerprint density at radius 2 is 1.92 bits per heavy atom. The lowest BCUT2D eigenvalue weighted by Gasteiger charge is -2.04. The average Bonchev–Trinajstić information content (AvgIpc) is 2.65. The Hall–Kier alpha value is -3.33. The lowest BCUT2D eigenvalue weighted by molar-refractivity contribution is 0.0600. The van der Waals surface area contributed by atoms with Crippen molar-refractivity contribution in [1.29, 1.82) is 0 Å². The van der Waals surface area contributed by atoms with Crippen LogP contribution in [-0.4, -0.2) is 25.7 Å². The van der Waals surface area contributed by atoms with Gasteiger partial charge in [0.25, 0.3) is 0 Å². The summed E-state index contributed by atoms with van der Waals surface area (Å²) >= 11 is 0. The van der Waals surface area contributed by atoms with Crippen LogP contribution in [0.2, 0.25) is 0 Å². The molecule has 0 bridgehead atoms. The number of alkyl carbamates (subject to hydrolysis) is 1. The predicted octanol–water partition coefficient (Wildman–Crippen LogP) is 2.89. The average molecular weight is 341 g/mol. The molecule has 25 heavy (non-hydrogen) atoms. The van der Waals surface area contributed by atoms with Gasteiger partial charge in [-0.15, -0.1) is 0 Å². The van der Waals surface area contributed by atoms with E-state index >= 15 is 0 Å². The molecule has 5 nitrogen and oxygen atoms in total. The van der Waals surface area contributed by atoms with Crippen molar-refractivity contribution in [2.45, 2.75) is 6.61 Å². The third kappa shape index (κ3) is 5.66. The van der Waals surface area contributed by atoms with E-state index in [9.17, 15) is 14.0 Å². The van der Waals surface area contributed by atoms with Gasteiger partial charge in [-0.05, 0) is 23.8 Å². The van der Waals surface area contributed by atoms with Crippen LogP contribution >= 0.6 is 0 Å². The highest BCUT2D eigenvalue weighted by molar-refractivity contribution is 5.89. The van der Waals surface area contributed by atoms with Gasteiger partial charge < -0.3 is 14.8 Å². The fourth-order valence-electron chi connectivity index (χ4n) is 1.90. The summed E-state index contributed by atoms with van der Waals surface area (Å²) in [6, 6.07) is 13.0. The van der Waals surface area contributed by atoms with E-state index in [1.807, 2.05) is 30.3 Å². The quantitative estimate of drug-likeness (QED) is 0.686. The summed E-state index contributed by atoms with van der Waals surface area (Å²) in [5.41, 5.74) is 1.11. The molecule has 0 radical (unpaired) electrons. The van der Waals surface area contributed by atoms with E-state index in [0.29, 0.717) is 0 Å². The summed E-state index contributed by atoms with van der Waals surface area (Å²) in [7, 11) is 1.24. The lowest BCUT2D eigenvalue weighted by Crippen LogP contribution is -2.24. The van der Waals surface area contributed by atoms with Gasteiger partial charge in [0.1, 0.15) is 12.4 Å². The number of esters is 1. The molecular weight excluding hydrogens is 325 g/mol. The zero-order valence-electron chi connectivity index (χ0n) is 13.5. The van der Waals surface area contributed by atoms with E-state index in [1.165, 1.54) is 19.2 Å². The van der Waals surface area contributed by atoms with Crippen molar-refractivity contribution in [1.82, 2.24) is 5.32 Å². The van der Waals surface area contributed by atoms with Crippen molar-refractivity contribution in [3.63, 3.8) is 0 Å². The van der Waals surface area contributed by atoms with E-state index in [0.717, 1.165) is 11.6 Å². The summed E-state index contributed by atoms with van der Waals surface area (Å²) < 4.78 is 23.2. The molecule has 0 saturated heterocycles. The van der Waals surface area contributed by atoms with Gasteiger partial charge in [0.05, 0.1) is 24.8 Å². The molecule has 0 unspecified atom stereocenters. The zero-order valence-corrected chi connectivity index (χ0v) is 13.5. The summed E-state index contributed by atoms with van der Waals surface area (Å²) in [5.74, 6) is 4.02. The van der Waals surface area contributed by atoms with Crippen LogP contribution in [-0.2, 0) is 16.1 Å². The zero-order chi connectivity index (χ0) is 18.1. The third-order valence-corrected chi connectivity index (χ3v) is 3.14. The summed E-state index contributed by atoms with van der Waals surface area (Å²) in [5, 5.41) is 2.44. The highest BCUT2D eigenvalue weighted by Crippen LogP contribution is 2.10. The Morgan fingerprint density at radius 3 is 2.64 bits per heavy atom. The van der Waals surface area contributed by atoms with E-state index < -0.39 is 17.9 Å². The molecule has 2 aromatic rings. The van der Waals surface area contributed by atoms with E-state index in [-0.39, 0.29) is 24.3 Å². The first-order chi connectivity index (χ1) is 12.1. The van der Waals surface area contributed by atoms with Gasteiger partial charge in [-0.25, -0.2) is 14.0 Å². The fraction of sp³-hybridized carbons (Fsp3) is 0.158. The SMILES string of the molecule is COC(=O)c1ccc(F)c(C#CCNC(=O)OCc2ccccc2)c1. The molecule has 0 fully saturated rings. The van der Waals surface area contributed by atoms with Gasteiger partial charge >= 0.3 is 12.1 Å². The molecule has 0 heterocycles. The van der Waals surface area contributed by atoms with Crippen LogP contribution in [0.15, 0.2) is 48.5 Å². The number of halogens is 1. The molecule has 2 aromatic carbocycles. The van der Waals surface area contributed by atoms with Crippen molar-refractivity contribution in [2.24, 2.45) is 0 Å². The minimum absolute atomic E-state index is 0.0183. The van der Waals surface area contributed by atoms with Crippen molar-refractivity contribution in [3.05, 3.63) is 71.0 Å². The van der Waals surface area contributed by atoms with E-state index in [1.54, 1.807) is 0 Å². The van der Waals surface area contributed by atoms with Crippen LogP contribution in [0.1, 0.15) is 21.5 Å². The van der Waals surface area contributed by atoms with Crippen LogP contribution in [0.3, 0.4) is 0 Å². The lowest BCUT2D eigenvalue weighted by atomic mass is 10.1. The maximum Gasteiger partial charge on any atom is 0.408 e. The number of ether oxygens (including phenoxy) is 2. The van der Waals surface area contributed by atoms with Crippen molar-refractivity contribution < 1.29 is 23.5 Å². The molecule has 0 aromatic heterocycles. The second-order valence-electron chi connectivity index (χ2n) is 4.90. The second-order valence-corrected chi connectivity index (χ2v) is 4.90. The molecule has 0 atom stereocenters. The van der Waals surface area contributed by atoms with Crippen LogP contribution < -0.4 is 5.32 Å². The highest BCUT2D eigenvalue weighted by Gasteiger charge is 2.08. The molecule has 0 saturated carbocycles. The first-order valence-electron chi connectivity index (χ1n) is 7.41. The van der Waals surface area contributed by atoms with E-state index in [4.69, 9.17) is 4.74 Å². The van der Waals surface area contributed by atoms with Crippen LogP contribution in [0.25, 0.3) is 0 Å². The summed E-state index contributed by atoms with van der Waals surface area (Å²) in [6.45, 7) is 0.130. The molecular formula is C19H16FNO4. The fourth-order valence-corrected chi connectivity index (χ4v) is 1.90. The monoisotopic (exact) mass is 341 g/mol. The maximum atomic E-state index is 13.7. The number of hydrogen-bond acceptors (Lipinski definition) is 4. The van der Waals surface area contributed by atoms with Gasteiger partial charge in [-0.2, -0.15) is 0 Å². The number of rotatable bonds is 4. The Morgan fingerprint density at radius 1 is 1.16 bits per heavy atom. The first kappa shape index (κ1) is 18.0. The predicted molar refractivity (Wildman–Crippen MR) is 89.2 cm³/mol. The first-order valence-corrected chi connectivity index (χ1v) is 7.41. The summed E-state index contributed by atoms with van der Waals surface area (Å²) in [6.07, 6.45) is -0.623. The topological polar surface area (TPSA) is 64.6 Å². The maximum absolute atomic E-state index is 13.7. The number of benzene rings is 2. The van der Waals surface area contributed by atoms with Crippen molar-refractivity contribution >= 4 is 12.1 Å². The van der Waals surface area contributed by atoms with Crippen molar-refractivity contribution in [2.75, 3.05) is 13.7 Å². The number of methoxy groups -OCH3 is 1. The van der Waals surface area contributed by atoms with Crippen LogP contribution in [0.4, 0.5) is 9.18 Å². The van der Waals surface area contributed by atoms with Gasteiger partial charge in [0, 0.05) is 0 Å². The Bertz CT molecular complexity index is 809. The number of hydrogen-bond donors (Lipinski definition) is 1. The molecule has 1 N–H and O–H groups in total. The Labute approximate surface area is 144 Å².